The molecule has 3 rings (SSSR count). The molecule has 31 heavy (non-hydrogen) atoms. The van der Waals surface area contributed by atoms with Crippen molar-refractivity contribution in [1.29, 1.82) is 5.26 Å². The minimum absolute atomic E-state index is 0.000767. The van der Waals surface area contributed by atoms with Gasteiger partial charge in [0.15, 0.2) is 0 Å². The maximum Gasteiger partial charge on any atom is 0.224 e. The number of hydrogen-bond donors (Lipinski definition) is 3. The van der Waals surface area contributed by atoms with Gasteiger partial charge in [0.1, 0.15) is 0 Å². The Bertz CT molecular complexity index is 1110. The summed E-state index contributed by atoms with van der Waals surface area (Å²) in [6.07, 6.45) is 7.04. The lowest BCUT2D eigenvalue weighted by Crippen LogP contribution is -2.43. The third kappa shape index (κ3) is 5.33. The lowest BCUT2D eigenvalue weighted by atomic mass is 9.99. The van der Waals surface area contributed by atoms with Gasteiger partial charge in [-0.25, -0.2) is 0 Å². The number of nitrogens with one attached hydrogen (secondary N) is 1. The Balaban J connectivity index is 1.92. The summed E-state index contributed by atoms with van der Waals surface area (Å²) >= 11 is 0. The highest BCUT2D eigenvalue weighted by Gasteiger charge is 2.22. The van der Waals surface area contributed by atoms with Gasteiger partial charge in [0.2, 0.25) is 5.91 Å². The van der Waals surface area contributed by atoms with E-state index in [4.69, 9.17) is 10.8 Å². The molecule has 2 aromatic carbocycles. The van der Waals surface area contributed by atoms with Crippen LogP contribution >= 0.6 is 0 Å². The van der Waals surface area contributed by atoms with Gasteiger partial charge in [-0.2, -0.15) is 5.26 Å². The maximum absolute atomic E-state index is 12.0. The first-order chi connectivity index (χ1) is 15.1. The Kier molecular flexibility index (Phi) is 7.47. The fourth-order valence-electron chi connectivity index (χ4n) is 3.93. The van der Waals surface area contributed by atoms with E-state index in [9.17, 15) is 10.1 Å². The van der Waals surface area contributed by atoms with Crippen LogP contribution < -0.4 is 21.5 Å². The van der Waals surface area contributed by atoms with Crippen molar-refractivity contribution in [1.82, 2.24) is 4.90 Å². The number of allylic oxidation sites excluding steroid dienone is 1. The van der Waals surface area contributed by atoms with Gasteiger partial charge in [-0.1, -0.05) is 30.9 Å². The second-order valence-electron chi connectivity index (χ2n) is 7.56. The van der Waals surface area contributed by atoms with Crippen molar-refractivity contribution in [2.45, 2.75) is 25.3 Å². The number of benzene rings is 2. The van der Waals surface area contributed by atoms with Crippen LogP contribution in [-0.2, 0) is 4.79 Å². The van der Waals surface area contributed by atoms with Crippen LogP contribution in [0.15, 0.2) is 49.1 Å². The Labute approximate surface area is 182 Å². The number of nitrogens with zero attached hydrogens (tertiary/aromatic N) is 2. The van der Waals surface area contributed by atoms with Crippen molar-refractivity contribution in [3.8, 4) is 17.2 Å². The Hall–Kier alpha value is -3.56. The van der Waals surface area contributed by atoms with Crippen molar-refractivity contribution in [2.75, 3.05) is 25.0 Å². The van der Waals surface area contributed by atoms with E-state index in [-0.39, 0.29) is 25.0 Å². The lowest BCUT2D eigenvalue weighted by molar-refractivity contribution is -0.132. The predicted octanol–water partition coefficient (Wildman–Crippen LogP) is 1.67. The average molecular weight is 417 g/mol. The minimum atomic E-state index is -0.116. The minimum Gasteiger partial charge on any atom is -0.404 e. The molecule has 1 fully saturated rings. The highest BCUT2D eigenvalue weighted by molar-refractivity contribution is 5.76. The van der Waals surface area contributed by atoms with Crippen molar-refractivity contribution >= 4 is 23.9 Å². The van der Waals surface area contributed by atoms with Gasteiger partial charge in [-0.05, 0) is 53.5 Å². The van der Waals surface area contributed by atoms with Crippen molar-refractivity contribution in [3.05, 3.63) is 65.1 Å². The zero-order valence-corrected chi connectivity index (χ0v) is 17.6. The highest BCUT2D eigenvalue weighted by Crippen LogP contribution is 2.22. The summed E-state index contributed by atoms with van der Waals surface area (Å²) in [5.74, 6) is -0.000767. The summed E-state index contributed by atoms with van der Waals surface area (Å²) in [6, 6.07) is 14.0. The van der Waals surface area contributed by atoms with Crippen LogP contribution in [0.5, 0.6) is 0 Å². The maximum atomic E-state index is 12.0. The molecule has 1 aliphatic heterocycles. The second kappa shape index (κ2) is 10.5. The Morgan fingerprint density at radius 2 is 2.06 bits per heavy atom. The quantitative estimate of drug-likeness (QED) is 0.665. The second-order valence-corrected chi connectivity index (χ2v) is 7.56. The summed E-state index contributed by atoms with van der Waals surface area (Å²) in [4.78, 5) is 13.8. The van der Waals surface area contributed by atoms with Crippen LogP contribution in [0.2, 0.25) is 0 Å². The van der Waals surface area contributed by atoms with Crippen LogP contribution in [-0.4, -0.2) is 41.7 Å². The van der Waals surface area contributed by atoms with Gasteiger partial charge in [0, 0.05) is 42.7 Å². The molecule has 1 saturated heterocycles. The van der Waals surface area contributed by atoms with Crippen LogP contribution in [0.3, 0.4) is 0 Å². The summed E-state index contributed by atoms with van der Waals surface area (Å²) in [7, 11) is 0. The van der Waals surface area contributed by atoms with Gasteiger partial charge in [-0.3, -0.25) is 4.79 Å². The number of aliphatic hydroxyl groups excluding tert-OH is 1. The molecule has 160 valence electrons. The molecule has 0 aliphatic carbocycles. The van der Waals surface area contributed by atoms with E-state index in [0.29, 0.717) is 18.7 Å². The smallest absolute Gasteiger partial charge is 0.224 e. The lowest BCUT2D eigenvalue weighted by Gasteiger charge is -2.33. The van der Waals surface area contributed by atoms with Crippen molar-refractivity contribution in [3.63, 3.8) is 0 Å². The summed E-state index contributed by atoms with van der Waals surface area (Å²) in [5.41, 5.74) is 9.43. The van der Waals surface area contributed by atoms with Gasteiger partial charge in [0.05, 0.1) is 18.2 Å². The molecule has 0 unspecified atom stereocenters. The van der Waals surface area contributed by atoms with Gasteiger partial charge < -0.3 is 21.1 Å². The van der Waals surface area contributed by atoms with E-state index in [1.54, 1.807) is 18.3 Å². The standard InChI is InChI=1S/C25H28N4O2/c1-2-4-20-14-21(19-6-3-5-18(13-19)16-26)15-24(23(20)17-27)28-22-7-10-29(11-8-22)25(31)9-12-30/h2-6,13-15,17,22,28,30H,1,7-12,27H2/b20-4-,23-17+. The van der Waals surface area contributed by atoms with Crippen molar-refractivity contribution in [2.24, 2.45) is 5.73 Å². The SMILES string of the molecule is C=C/C=c1/cc(-c2cccc(C#N)c2)cc(NC2CCN(C(=O)CCO)CC2)/c1=C/N. The van der Waals surface area contributed by atoms with E-state index in [0.717, 1.165) is 40.1 Å². The number of piperidine rings is 1. The first kappa shape index (κ1) is 22.1. The monoisotopic (exact) mass is 416 g/mol. The molecule has 1 aliphatic rings. The van der Waals surface area contributed by atoms with E-state index in [2.05, 4.69) is 24.0 Å². The first-order valence-corrected chi connectivity index (χ1v) is 10.4. The predicted molar refractivity (Wildman–Crippen MR) is 124 cm³/mol. The van der Waals surface area contributed by atoms with E-state index >= 15 is 0 Å². The number of rotatable bonds is 6. The van der Waals surface area contributed by atoms with Gasteiger partial charge >= 0.3 is 0 Å². The number of amides is 1. The molecule has 0 spiro atoms. The van der Waals surface area contributed by atoms with E-state index in [1.807, 2.05) is 35.2 Å². The molecule has 6 heteroatoms. The molecule has 2 aromatic rings. The number of nitrogens with two attached hydrogens (primary N) is 1. The molecule has 0 radical (unpaired) electrons. The molecule has 0 atom stereocenters. The number of carbonyl (C=O) groups excluding carboxylic acids is 1. The van der Waals surface area contributed by atoms with Gasteiger partial charge in [0.25, 0.3) is 0 Å². The zero-order valence-electron chi connectivity index (χ0n) is 17.6. The fraction of sp³-hybridized carbons (Fsp3) is 0.280. The van der Waals surface area contributed by atoms with E-state index in [1.165, 1.54) is 0 Å². The number of hydrogen-bond acceptors (Lipinski definition) is 5. The average Bonchev–Trinajstić information content (AvgIpc) is 2.80. The number of aliphatic hydroxyl groups is 1. The molecule has 6 nitrogen and oxygen atoms in total. The Morgan fingerprint density at radius 1 is 1.29 bits per heavy atom. The molecule has 1 amide bonds. The largest absolute Gasteiger partial charge is 0.404 e. The van der Waals surface area contributed by atoms with Crippen LogP contribution in [0.1, 0.15) is 24.8 Å². The molecule has 0 aromatic heterocycles. The molecular formula is C25H28N4O2. The third-order valence-corrected chi connectivity index (χ3v) is 5.53. The number of nitriles is 1. The fourth-order valence-corrected chi connectivity index (χ4v) is 3.93. The van der Waals surface area contributed by atoms with Gasteiger partial charge in [-0.15, -0.1) is 0 Å². The molecule has 0 saturated carbocycles. The van der Waals surface area contributed by atoms with E-state index < -0.39 is 0 Å². The topological polar surface area (TPSA) is 102 Å². The summed E-state index contributed by atoms with van der Waals surface area (Å²) in [5, 5.41) is 23.7. The van der Waals surface area contributed by atoms with Crippen LogP contribution in [0.25, 0.3) is 23.4 Å². The van der Waals surface area contributed by atoms with Crippen LogP contribution in [0.4, 0.5) is 5.69 Å². The third-order valence-electron chi connectivity index (χ3n) is 5.53. The van der Waals surface area contributed by atoms with Crippen molar-refractivity contribution < 1.29 is 9.90 Å². The Morgan fingerprint density at radius 3 is 2.71 bits per heavy atom. The first-order valence-electron chi connectivity index (χ1n) is 10.4. The normalized spacial score (nSPS) is 15.5. The highest BCUT2D eigenvalue weighted by atomic mass is 16.3. The molecule has 4 N–H and O–H groups in total. The number of carbonyl (C=O) groups is 1. The number of anilines is 1. The number of likely N-dealkylation sites (tertiary alicyclic amines) is 1. The zero-order chi connectivity index (χ0) is 22.2. The molecular weight excluding hydrogens is 388 g/mol. The summed E-state index contributed by atoms with van der Waals surface area (Å²) < 4.78 is 0. The molecule has 1 heterocycles. The molecule has 0 bridgehead atoms. The summed E-state index contributed by atoms with van der Waals surface area (Å²) in [6.45, 7) is 5.02. The van der Waals surface area contributed by atoms with Crippen LogP contribution in [0, 0.1) is 11.3 Å².